The van der Waals surface area contributed by atoms with Gasteiger partial charge in [-0.05, 0) is 31.2 Å². The molecule has 1 heterocycles. The van der Waals surface area contributed by atoms with Crippen LogP contribution in [-0.4, -0.2) is 0 Å². The van der Waals surface area contributed by atoms with Gasteiger partial charge >= 0.3 is 5.63 Å². The molecule has 0 amide bonds. The zero-order chi connectivity index (χ0) is 10.8. The van der Waals surface area contributed by atoms with Gasteiger partial charge in [0.15, 0.2) is 0 Å². The molecule has 0 radical (unpaired) electrons. The average Bonchev–Trinajstić information content (AvgIpc) is 2.17. The van der Waals surface area contributed by atoms with Crippen LogP contribution in [0.1, 0.15) is 6.92 Å². The number of anilines is 1. The van der Waals surface area contributed by atoms with E-state index in [0.717, 1.165) is 16.8 Å². The van der Waals surface area contributed by atoms with E-state index in [9.17, 15) is 4.79 Å². The van der Waals surface area contributed by atoms with Crippen LogP contribution in [0, 0.1) is 0 Å². The van der Waals surface area contributed by atoms with Crippen molar-refractivity contribution >= 4 is 16.7 Å². The van der Waals surface area contributed by atoms with E-state index in [1.165, 1.54) is 6.07 Å². The summed E-state index contributed by atoms with van der Waals surface area (Å²) in [4.78, 5) is 10.9. The predicted octanol–water partition coefficient (Wildman–Crippen LogP) is 2.74. The number of allylic oxidation sites excluding steroid dienone is 1. The molecule has 0 aliphatic carbocycles. The van der Waals surface area contributed by atoms with Crippen molar-refractivity contribution in [1.82, 2.24) is 0 Å². The van der Waals surface area contributed by atoms with Crippen LogP contribution in [0.25, 0.3) is 11.0 Å². The third kappa shape index (κ3) is 2.07. The molecule has 2 rings (SSSR count). The summed E-state index contributed by atoms with van der Waals surface area (Å²) in [5.74, 6) is 0. The van der Waals surface area contributed by atoms with E-state index >= 15 is 0 Å². The van der Waals surface area contributed by atoms with E-state index in [0.29, 0.717) is 5.58 Å². The number of rotatable bonds is 2. The van der Waals surface area contributed by atoms with Crippen molar-refractivity contribution in [1.29, 1.82) is 0 Å². The Morgan fingerprint density at radius 3 is 2.87 bits per heavy atom. The maximum atomic E-state index is 10.9. The maximum absolute atomic E-state index is 10.9. The molecule has 1 N–H and O–H groups in total. The summed E-state index contributed by atoms with van der Waals surface area (Å²) in [6.45, 7) is 5.64. The summed E-state index contributed by atoms with van der Waals surface area (Å²) in [7, 11) is 0. The van der Waals surface area contributed by atoms with Crippen molar-refractivity contribution in [3.63, 3.8) is 0 Å². The lowest BCUT2D eigenvalue weighted by Crippen LogP contribution is -1.96. The van der Waals surface area contributed by atoms with Crippen molar-refractivity contribution < 1.29 is 4.42 Å². The molecular formula is C12H11NO2. The third-order valence-corrected chi connectivity index (χ3v) is 1.98. The molecule has 0 saturated carbocycles. The van der Waals surface area contributed by atoms with Crippen molar-refractivity contribution in [2.24, 2.45) is 0 Å². The van der Waals surface area contributed by atoms with Crippen LogP contribution in [0.15, 0.2) is 51.8 Å². The fourth-order valence-electron chi connectivity index (χ4n) is 1.40. The standard InChI is InChI=1S/C12H11NO2/c1-8(2)13-10-4-5-11-9(7-10)3-6-12(14)15-11/h3-7,13H,1H2,2H3. The van der Waals surface area contributed by atoms with Crippen molar-refractivity contribution in [3.05, 3.63) is 53.0 Å². The molecule has 0 aliphatic heterocycles. The first-order valence-electron chi connectivity index (χ1n) is 4.61. The van der Waals surface area contributed by atoms with E-state index in [1.807, 2.05) is 19.1 Å². The van der Waals surface area contributed by atoms with Gasteiger partial charge in [0, 0.05) is 22.8 Å². The average molecular weight is 201 g/mol. The lowest BCUT2D eigenvalue weighted by molar-refractivity contribution is 0.561. The highest BCUT2D eigenvalue weighted by atomic mass is 16.4. The quantitative estimate of drug-likeness (QED) is 0.759. The van der Waals surface area contributed by atoms with E-state index in [2.05, 4.69) is 11.9 Å². The van der Waals surface area contributed by atoms with Crippen LogP contribution in [0.5, 0.6) is 0 Å². The first-order chi connectivity index (χ1) is 7.15. The Bertz CT molecular complexity index is 569. The maximum Gasteiger partial charge on any atom is 0.336 e. The predicted molar refractivity (Wildman–Crippen MR) is 60.9 cm³/mol. The summed E-state index contributed by atoms with van der Waals surface area (Å²) in [6, 6.07) is 8.67. The first-order valence-corrected chi connectivity index (χ1v) is 4.61. The van der Waals surface area contributed by atoms with E-state index in [4.69, 9.17) is 4.42 Å². The lowest BCUT2D eigenvalue weighted by Gasteiger charge is -2.05. The Kier molecular flexibility index (Phi) is 2.29. The second-order valence-electron chi connectivity index (χ2n) is 3.41. The van der Waals surface area contributed by atoms with Crippen LogP contribution in [0.2, 0.25) is 0 Å². The fraction of sp³-hybridized carbons (Fsp3) is 0.0833. The highest BCUT2D eigenvalue weighted by Crippen LogP contribution is 2.18. The molecule has 3 nitrogen and oxygen atoms in total. The minimum Gasteiger partial charge on any atom is -0.423 e. The third-order valence-electron chi connectivity index (χ3n) is 1.98. The summed E-state index contributed by atoms with van der Waals surface area (Å²) in [5, 5.41) is 3.99. The zero-order valence-electron chi connectivity index (χ0n) is 8.41. The van der Waals surface area contributed by atoms with Crippen LogP contribution < -0.4 is 10.9 Å². The number of fused-ring (bicyclic) bond motifs is 1. The molecule has 0 saturated heterocycles. The van der Waals surface area contributed by atoms with Crippen molar-refractivity contribution in [2.45, 2.75) is 6.92 Å². The monoisotopic (exact) mass is 201 g/mol. The second kappa shape index (κ2) is 3.61. The van der Waals surface area contributed by atoms with Gasteiger partial charge in [-0.15, -0.1) is 0 Å². The van der Waals surface area contributed by atoms with Crippen molar-refractivity contribution in [3.8, 4) is 0 Å². The molecule has 0 unspecified atom stereocenters. The molecule has 15 heavy (non-hydrogen) atoms. The molecule has 0 bridgehead atoms. The topological polar surface area (TPSA) is 42.2 Å². The highest BCUT2D eigenvalue weighted by molar-refractivity contribution is 5.80. The van der Waals surface area contributed by atoms with E-state index in [-0.39, 0.29) is 5.63 Å². The Labute approximate surface area is 87.0 Å². The van der Waals surface area contributed by atoms with Crippen LogP contribution in [0.4, 0.5) is 5.69 Å². The number of hydrogen-bond donors (Lipinski definition) is 1. The van der Waals surface area contributed by atoms with Gasteiger partial charge in [0.25, 0.3) is 0 Å². The van der Waals surface area contributed by atoms with Gasteiger partial charge in [0.05, 0.1) is 0 Å². The van der Waals surface area contributed by atoms with Gasteiger partial charge < -0.3 is 9.73 Å². The van der Waals surface area contributed by atoms with E-state index < -0.39 is 0 Å². The Morgan fingerprint density at radius 2 is 2.13 bits per heavy atom. The molecule has 2 aromatic rings. The molecule has 76 valence electrons. The second-order valence-corrected chi connectivity index (χ2v) is 3.41. The number of hydrogen-bond acceptors (Lipinski definition) is 3. The molecule has 1 aromatic carbocycles. The van der Waals surface area contributed by atoms with Gasteiger partial charge in [0.2, 0.25) is 0 Å². The zero-order valence-corrected chi connectivity index (χ0v) is 8.41. The molecule has 0 aliphatic rings. The van der Waals surface area contributed by atoms with Crippen LogP contribution >= 0.6 is 0 Å². The summed E-state index contributed by atoms with van der Waals surface area (Å²) < 4.78 is 5.02. The van der Waals surface area contributed by atoms with E-state index in [1.54, 1.807) is 12.1 Å². The summed E-state index contributed by atoms with van der Waals surface area (Å²) in [5.41, 5.74) is 2.06. The summed E-state index contributed by atoms with van der Waals surface area (Å²) in [6.07, 6.45) is 0. The Balaban J connectivity index is 2.52. The smallest absolute Gasteiger partial charge is 0.336 e. The largest absolute Gasteiger partial charge is 0.423 e. The van der Waals surface area contributed by atoms with Gasteiger partial charge in [0.1, 0.15) is 5.58 Å². The molecule has 3 heteroatoms. The molecule has 0 atom stereocenters. The van der Waals surface area contributed by atoms with Crippen LogP contribution in [-0.2, 0) is 0 Å². The van der Waals surface area contributed by atoms with Gasteiger partial charge in [-0.25, -0.2) is 4.79 Å². The molecule has 0 fully saturated rings. The number of benzene rings is 1. The Hall–Kier alpha value is -2.03. The molecular weight excluding hydrogens is 190 g/mol. The first kappa shape index (κ1) is 9.52. The summed E-state index contributed by atoms with van der Waals surface area (Å²) >= 11 is 0. The minimum absolute atomic E-state index is 0.330. The molecule has 1 aromatic heterocycles. The minimum atomic E-state index is -0.330. The number of nitrogens with one attached hydrogen (secondary N) is 1. The molecule has 0 spiro atoms. The van der Waals surface area contributed by atoms with Crippen molar-refractivity contribution in [2.75, 3.05) is 5.32 Å². The van der Waals surface area contributed by atoms with Gasteiger partial charge in [-0.1, -0.05) is 6.58 Å². The lowest BCUT2D eigenvalue weighted by atomic mass is 10.2. The van der Waals surface area contributed by atoms with Gasteiger partial charge in [-0.2, -0.15) is 0 Å². The normalized spacial score (nSPS) is 10.2. The highest BCUT2D eigenvalue weighted by Gasteiger charge is 1.98. The van der Waals surface area contributed by atoms with Gasteiger partial charge in [-0.3, -0.25) is 0 Å². The van der Waals surface area contributed by atoms with Crippen LogP contribution in [0.3, 0.4) is 0 Å². The Morgan fingerprint density at radius 1 is 1.33 bits per heavy atom. The fourth-order valence-corrected chi connectivity index (χ4v) is 1.40. The SMILES string of the molecule is C=C(C)Nc1ccc2oc(=O)ccc2c1.